The molecule has 164 valence electrons. The summed E-state index contributed by atoms with van der Waals surface area (Å²) in [5, 5.41) is 5.67. The summed E-state index contributed by atoms with van der Waals surface area (Å²) in [4.78, 5) is 25.3. The van der Waals surface area contributed by atoms with Gasteiger partial charge in [-0.1, -0.05) is 19.1 Å². The van der Waals surface area contributed by atoms with E-state index in [9.17, 15) is 18.0 Å². The molecular formula is C22H25N3O4S2. The zero-order chi connectivity index (χ0) is 22.0. The Hall–Kier alpha value is -2.36. The van der Waals surface area contributed by atoms with Gasteiger partial charge in [-0.25, -0.2) is 8.42 Å². The van der Waals surface area contributed by atoms with Gasteiger partial charge in [0.15, 0.2) is 0 Å². The minimum Gasteiger partial charge on any atom is -0.326 e. The molecule has 2 aromatic rings. The van der Waals surface area contributed by atoms with Crippen molar-refractivity contribution < 1.29 is 18.0 Å². The lowest BCUT2D eigenvalue weighted by Gasteiger charge is -2.31. The van der Waals surface area contributed by atoms with E-state index >= 15 is 0 Å². The normalized spacial score (nSPS) is 17.6. The predicted octanol–water partition coefficient (Wildman–Crippen LogP) is 3.33. The van der Waals surface area contributed by atoms with Gasteiger partial charge >= 0.3 is 0 Å². The largest absolute Gasteiger partial charge is 0.326 e. The molecule has 2 aromatic carbocycles. The molecule has 9 heteroatoms. The van der Waals surface area contributed by atoms with Gasteiger partial charge in [0.1, 0.15) is 0 Å². The summed E-state index contributed by atoms with van der Waals surface area (Å²) in [6.07, 6.45) is 1.88. The van der Waals surface area contributed by atoms with E-state index in [-0.39, 0.29) is 35.7 Å². The van der Waals surface area contributed by atoms with Crippen molar-refractivity contribution in [3.8, 4) is 0 Å². The van der Waals surface area contributed by atoms with Crippen LogP contribution in [0.2, 0.25) is 0 Å². The first-order valence-electron chi connectivity index (χ1n) is 10.3. The number of piperidine rings is 1. The number of fused-ring (bicyclic) bond motifs is 1. The summed E-state index contributed by atoms with van der Waals surface area (Å²) >= 11 is 1.39. The second kappa shape index (κ2) is 9.02. The molecule has 0 aliphatic carbocycles. The third kappa shape index (κ3) is 4.78. The van der Waals surface area contributed by atoms with E-state index in [4.69, 9.17) is 0 Å². The number of carbonyl (C=O) groups excluding carboxylic acids is 2. The Morgan fingerprint density at radius 2 is 1.87 bits per heavy atom. The monoisotopic (exact) mass is 459 g/mol. The van der Waals surface area contributed by atoms with Gasteiger partial charge in [0.25, 0.3) is 0 Å². The molecule has 1 saturated heterocycles. The highest BCUT2D eigenvalue weighted by Crippen LogP contribution is 2.34. The van der Waals surface area contributed by atoms with E-state index in [1.807, 2.05) is 24.3 Å². The number of carbonyl (C=O) groups is 2. The first kappa shape index (κ1) is 21.9. The molecule has 31 heavy (non-hydrogen) atoms. The van der Waals surface area contributed by atoms with Gasteiger partial charge in [-0.05, 0) is 55.2 Å². The average Bonchev–Trinajstić information content (AvgIpc) is 2.79. The van der Waals surface area contributed by atoms with Crippen molar-refractivity contribution >= 4 is 45.0 Å². The lowest BCUT2D eigenvalue weighted by Crippen LogP contribution is -2.41. The van der Waals surface area contributed by atoms with Crippen LogP contribution in [0.5, 0.6) is 0 Å². The fourth-order valence-corrected chi connectivity index (χ4v) is 6.08. The van der Waals surface area contributed by atoms with E-state index in [1.165, 1.54) is 27.7 Å². The number of aryl methyl sites for hydroxylation is 1. The van der Waals surface area contributed by atoms with E-state index in [0.29, 0.717) is 24.3 Å². The molecule has 0 saturated carbocycles. The Labute approximate surface area is 186 Å². The number of benzene rings is 2. The molecule has 2 aliphatic heterocycles. The summed E-state index contributed by atoms with van der Waals surface area (Å²) in [7, 11) is -3.69. The summed E-state index contributed by atoms with van der Waals surface area (Å²) < 4.78 is 27.6. The third-order valence-corrected chi connectivity index (χ3v) is 8.64. The molecule has 2 amide bonds. The highest BCUT2D eigenvalue weighted by molar-refractivity contribution is 8.00. The van der Waals surface area contributed by atoms with Crippen molar-refractivity contribution in [1.82, 2.24) is 4.31 Å². The van der Waals surface area contributed by atoms with Gasteiger partial charge in [0.05, 0.1) is 16.3 Å². The molecule has 0 spiro atoms. The molecule has 0 atom stereocenters. The maximum Gasteiger partial charge on any atom is 0.243 e. The van der Waals surface area contributed by atoms with E-state index < -0.39 is 10.0 Å². The van der Waals surface area contributed by atoms with Crippen LogP contribution in [0.25, 0.3) is 0 Å². The molecule has 0 radical (unpaired) electrons. The molecule has 4 rings (SSSR count). The minimum absolute atomic E-state index is 0.0742. The molecule has 0 unspecified atom stereocenters. The fourth-order valence-electron chi connectivity index (χ4n) is 3.80. The SMILES string of the molecule is CCc1ccc(NC(=O)C2CCN(S(=O)(=O)c3ccc4c(c3)NC(=O)CS4)CC2)cc1. The van der Waals surface area contributed by atoms with Crippen molar-refractivity contribution in [2.45, 2.75) is 36.0 Å². The lowest BCUT2D eigenvalue weighted by atomic mass is 9.97. The number of nitrogens with one attached hydrogen (secondary N) is 2. The molecular weight excluding hydrogens is 434 g/mol. The van der Waals surface area contributed by atoms with Crippen molar-refractivity contribution in [3.05, 3.63) is 48.0 Å². The summed E-state index contributed by atoms with van der Waals surface area (Å²) in [6.45, 7) is 2.65. The number of rotatable bonds is 5. The van der Waals surface area contributed by atoms with Crippen LogP contribution in [-0.2, 0) is 26.0 Å². The number of nitrogens with zero attached hydrogens (tertiary/aromatic N) is 1. The maximum absolute atomic E-state index is 13.1. The second-order valence-corrected chi connectivity index (χ2v) is 10.7. The van der Waals surface area contributed by atoms with Crippen LogP contribution in [0.3, 0.4) is 0 Å². The third-order valence-electron chi connectivity index (χ3n) is 5.68. The fraction of sp³-hybridized carbons (Fsp3) is 0.364. The topological polar surface area (TPSA) is 95.6 Å². The number of anilines is 2. The van der Waals surface area contributed by atoms with Crippen molar-refractivity contribution in [1.29, 1.82) is 0 Å². The number of sulfonamides is 1. The quantitative estimate of drug-likeness (QED) is 0.715. The Balaban J connectivity index is 1.39. The molecule has 0 bridgehead atoms. The Morgan fingerprint density at radius 3 is 2.55 bits per heavy atom. The zero-order valence-electron chi connectivity index (χ0n) is 17.3. The van der Waals surface area contributed by atoms with Crippen molar-refractivity contribution in [2.75, 3.05) is 29.5 Å². The van der Waals surface area contributed by atoms with Crippen LogP contribution in [0.1, 0.15) is 25.3 Å². The Bertz CT molecular complexity index is 1090. The van der Waals surface area contributed by atoms with Gasteiger partial charge in [0, 0.05) is 29.6 Å². The summed E-state index contributed by atoms with van der Waals surface area (Å²) in [5.74, 6) is -0.105. The van der Waals surface area contributed by atoms with Crippen molar-refractivity contribution in [3.63, 3.8) is 0 Å². The number of thioether (sulfide) groups is 1. The van der Waals surface area contributed by atoms with Gasteiger partial charge in [-0.2, -0.15) is 4.31 Å². The molecule has 1 fully saturated rings. The first-order chi connectivity index (χ1) is 14.9. The van der Waals surface area contributed by atoms with Crippen LogP contribution >= 0.6 is 11.8 Å². The highest BCUT2D eigenvalue weighted by Gasteiger charge is 2.32. The highest BCUT2D eigenvalue weighted by atomic mass is 32.2. The lowest BCUT2D eigenvalue weighted by molar-refractivity contribution is -0.121. The van der Waals surface area contributed by atoms with E-state index in [0.717, 1.165) is 17.0 Å². The second-order valence-electron chi connectivity index (χ2n) is 7.71. The average molecular weight is 460 g/mol. The van der Waals surface area contributed by atoms with Gasteiger partial charge in [-0.3, -0.25) is 9.59 Å². The van der Waals surface area contributed by atoms with E-state index in [1.54, 1.807) is 12.1 Å². The molecule has 2 aliphatic rings. The summed E-state index contributed by atoms with van der Waals surface area (Å²) in [5.41, 5.74) is 2.49. The standard InChI is InChI=1S/C22H25N3O4S2/c1-2-15-3-5-17(6-4-15)23-22(27)16-9-11-25(12-10-16)31(28,29)18-7-8-20-19(13-18)24-21(26)14-30-20/h3-8,13,16H,2,9-12,14H2,1H3,(H,23,27)(H,24,26). The van der Waals surface area contributed by atoms with Crippen LogP contribution in [-0.4, -0.2) is 43.4 Å². The number of hydrogen-bond acceptors (Lipinski definition) is 5. The number of hydrogen-bond donors (Lipinski definition) is 2. The Morgan fingerprint density at radius 1 is 1.16 bits per heavy atom. The maximum atomic E-state index is 13.1. The Kier molecular flexibility index (Phi) is 6.36. The van der Waals surface area contributed by atoms with Crippen LogP contribution in [0.15, 0.2) is 52.3 Å². The molecule has 2 heterocycles. The van der Waals surface area contributed by atoms with Crippen LogP contribution < -0.4 is 10.6 Å². The van der Waals surface area contributed by atoms with Gasteiger partial charge in [-0.15, -0.1) is 11.8 Å². The van der Waals surface area contributed by atoms with Crippen molar-refractivity contribution in [2.24, 2.45) is 5.92 Å². The van der Waals surface area contributed by atoms with Crippen LogP contribution in [0, 0.1) is 5.92 Å². The smallest absolute Gasteiger partial charge is 0.243 e. The first-order valence-corrected chi connectivity index (χ1v) is 12.8. The molecule has 0 aromatic heterocycles. The van der Waals surface area contributed by atoms with Gasteiger partial charge in [0.2, 0.25) is 21.8 Å². The molecule has 2 N–H and O–H groups in total. The zero-order valence-corrected chi connectivity index (χ0v) is 18.9. The predicted molar refractivity (Wildman–Crippen MR) is 122 cm³/mol. The number of amides is 2. The van der Waals surface area contributed by atoms with Gasteiger partial charge < -0.3 is 10.6 Å². The van der Waals surface area contributed by atoms with E-state index in [2.05, 4.69) is 17.6 Å². The summed E-state index contributed by atoms with van der Waals surface area (Å²) in [6, 6.07) is 12.6. The van der Waals surface area contributed by atoms with Crippen LogP contribution in [0.4, 0.5) is 11.4 Å². The minimum atomic E-state index is -3.69. The molecule has 7 nitrogen and oxygen atoms in total.